The van der Waals surface area contributed by atoms with Crippen molar-refractivity contribution in [2.24, 2.45) is 5.92 Å². The lowest BCUT2D eigenvalue weighted by Crippen LogP contribution is -2.45. The lowest BCUT2D eigenvalue weighted by Gasteiger charge is -2.35. The summed E-state index contributed by atoms with van der Waals surface area (Å²) in [6.45, 7) is 7.55. The highest BCUT2D eigenvalue weighted by Crippen LogP contribution is 2.18. The number of piperidine rings is 1. The van der Waals surface area contributed by atoms with Crippen LogP contribution in [0.3, 0.4) is 0 Å². The van der Waals surface area contributed by atoms with Crippen LogP contribution < -0.4 is 5.32 Å². The van der Waals surface area contributed by atoms with E-state index in [9.17, 15) is 4.79 Å². The Kier molecular flexibility index (Phi) is 5.84. The summed E-state index contributed by atoms with van der Waals surface area (Å²) in [5.41, 5.74) is 0.771. The van der Waals surface area contributed by atoms with Gasteiger partial charge in [0.05, 0.1) is 5.56 Å². The second-order valence-electron chi connectivity index (χ2n) is 5.76. The quantitative estimate of drug-likeness (QED) is 0.807. The van der Waals surface area contributed by atoms with Crippen molar-refractivity contribution in [2.45, 2.75) is 32.7 Å². The second-order valence-corrected chi connectivity index (χ2v) is 6.92. The molecule has 0 aliphatic carbocycles. The molecule has 0 saturated carbocycles. The molecule has 2 rings (SSSR count). The molecule has 1 saturated heterocycles. The smallest absolute Gasteiger partial charge is 0.252 e. The fourth-order valence-corrected chi connectivity index (χ4v) is 3.21. The topological polar surface area (TPSA) is 32.3 Å². The molecular weight excluding hydrogens is 363 g/mol. The highest BCUT2D eigenvalue weighted by Gasteiger charge is 2.20. The molecule has 1 unspecified atom stereocenters. The van der Waals surface area contributed by atoms with Gasteiger partial charge in [-0.1, -0.05) is 19.1 Å². The molecule has 0 radical (unpaired) electrons. The van der Waals surface area contributed by atoms with Gasteiger partial charge in [0.25, 0.3) is 5.91 Å². The van der Waals surface area contributed by atoms with Crippen LogP contribution in [0.4, 0.5) is 0 Å². The third-order valence-corrected chi connectivity index (χ3v) is 5.06. The molecule has 3 nitrogen and oxygen atoms in total. The molecule has 0 aromatic heterocycles. The standard InChI is InChI=1S/C16H23IN2O/c1-12-7-9-19(10-8-12)13(2)11-18-16(20)14-5-3-4-6-15(14)17/h3-6,12-13H,7-11H2,1-2H3,(H,18,20). The predicted octanol–water partition coefficient (Wildman–Crippen LogP) is 3.14. The van der Waals surface area contributed by atoms with Crippen molar-refractivity contribution < 1.29 is 4.79 Å². The summed E-state index contributed by atoms with van der Waals surface area (Å²) in [7, 11) is 0. The van der Waals surface area contributed by atoms with Crippen molar-refractivity contribution >= 4 is 28.5 Å². The van der Waals surface area contributed by atoms with Gasteiger partial charge in [-0.05, 0) is 73.5 Å². The number of rotatable bonds is 4. The van der Waals surface area contributed by atoms with E-state index in [1.54, 1.807) is 0 Å². The molecule has 4 heteroatoms. The number of nitrogens with zero attached hydrogens (tertiary/aromatic N) is 1. The third kappa shape index (κ3) is 4.19. The number of benzene rings is 1. The number of hydrogen-bond acceptors (Lipinski definition) is 2. The summed E-state index contributed by atoms with van der Waals surface area (Å²) < 4.78 is 1.00. The highest BCUT2D eigenvalue weighted by atomic mass is 127. The van der Waals surface area contributed by atoms with Gasteiger partial charge in [-0.3, -0.25) is 9.69 Å². The van der Waals surface area contributed by atoms with E-state index in [0.29, 0.717) is 6.04 Å². The van der Waals surface area contributed by atoms with E-state index in [0.717, 1.165) is 34.7 Å². The van der Waals surface area contributed by atoms with Crippen LogP contribution >= 0.6 is 22.6 Å². The van der Waals surface area contributed by atoms with Crippen molar-refractivity contribution in [3.8, 4) is 0 Å². The number of carbonyl (C=O) groups is 1. The zero-order chi connectivity index (χ0) is 14.5. The Morgan fingerprint density at radius 1 is 1.40 bits per heavy atom. The zero-order valence-electron chi connectivity index (χ0n) is 12.2. The number of likely N-dealkylation sites (tertiary alicyclic amines) is 1. The third-order valence-electron chi connectivity index (χ3n) is 4.12. The van der Waals surface area contributed by atoms with Gasteiger partial charge in [-0.25, -0.2) is 0 Å². The minimum absolute atomic E-state index is 0.0345. The van der Waals surface area contributed by atoms with Crippen LogP contribution in [0.1, 0.15) is 37.0 Å². The molecule has 1 amide bonds. The van der Waals surface area contributed by atoms with Crippen molar-refractivity contribution in [2.75, 3.05) is 19.6 Å². The lowest BCUT2D eigenvalue weighted by atomic mass is 9.98. The van der Waals surface area contributed by atoms with Gasteiger partial charge < -0.3 is 5.32 Å². The molecule has 1 aromatic rings. The molecular formula is C16H23IN2O. The molecule has 1 aromatic carbocycles. The molecule has 1 atom stereocenters. The predicted molar refractivity (Wildman–Crippen MR) is 90.9 cm³/mol. The number of hydrogen-bond donors (Lipinski definition) is 1. The monoisotopic (exact) mass is 386 g/mol. The van der Waals surface area contributed by atoms with Crippen molar-refractivity contribution in [1.82, 2.24) is 10.2 Å². The Morgan fingerprint density at radius 3 is 2.70 bits per heavy atom. The first-order chi connectivity index (χ1) is 9.58. The molecule has 1 aliphatic heterocycles. The van der Waals surface area contributed by atoms with E-state index in [-0.39, 0.29) is 5.91 Å². The van der Waals surface area contributed by atoms with Gasteiger partial charge in [0.1, 0.15) is 0 Å². The summed E-state index contributed by atoms with van der Waals surface area (Å²) >= 11 is 2.21. The normalized spacial score (nSPS) is 18.8. The van der Waals surface area contributed by atoms with Crippen molar-refractivity contribution in [3.63, 3.8) is 0 Å². The van der Waals surface area contributed by atoms with Crippen LogP contribution in [0.15, 0.2) is 24.3 Å². The summed E-state index contributed by atoms with van der Waals surface area (Å²) in [5, 5.41) is 3.06. The fraction of sp³-hybridized carbons (Fsp3) is 0.562. The van der Waals surface area contributed by atoms with E-state index >= 15 is 0 Å². The SMILES string of the molecule is CC1CCN(C(C)CNC(=O)c2ccccc2I)CC1. The summed E-state index contributed by atoms with van der Waals surface area (Å²) in [6.07, 6.45) is 2.55. The second kappa shape index (κ2) is 7.41. The Morgan fingerprint density at radius 2 is 2.05 bits per heavy atom. The van der Waals surface area contributed by atoms with Crippen molar-refractivity contribution in [1.29, 1.82) is 0 Å². The molecule has 1 N–H and O–H groups in total. The molecule has 110 valence electrons. The van der Waals surface area contributed by atoms with Crippen LogP contribution in [0.25, 0.3) is 0 Å². The Bertz CT molecular complexity index is 456. The Hall–Kier alpha value is -0.620. The first kappa shape index (κ1) is 15.8. The largest absolute Gasteiger partial charge is 0.350 e. The minimum atomic E-state index is 0.0345. The summed E-state index contributed by atoms with van der Waals surface area (Å²) in [6, 6.07) is 8.12. The maximum atomic E-state index is 12.2. The van der Waals surface area contributed by atoms with Crippen LogP contribution in [0.2, 0.25) is 0 Å². The van der Waals surface area contributed by atoms with E-state index in [1.807, 2.05) is 24.3 Å². The van der Waals surface area contributed by atoms with E-state index in [1.165, 1.54) is 12.8 Å². The van der Waals surface area contributed by atoms with Crippen molar-refractivity contribution in [3.05, 3.63) is 33.4 Å². The van der Waals surface area contributed by atoms with E-state index in [4.69, 9.17) is 0 Å². The number of amides is 1. The van der Waals surface area contributed by atoms with Gasteiger partial charge in [0.2, 0.25) is 0 Å². The average molecular weight is 386 g/mol. The van der Waals surface area contributed by atoms with E-state index < -0.39 is 0 Å². The highest BCUT2D eigenvalue weighted by molar-refractivity contribution is 14.1. The Labute approximate surface area is 135 Å². The van der Waals surface area contributed by atoms with Gasteiger partial charge in [-0.15, -0.1) is 0 Å². The number of halogens is 1. The first-order valence-electron chi connectivity index (χ1n) is 7.34. The number of carbonyl (C=O) groups excluding carboxylic acids is 1. The molecule has 0 spiro atoms. The number of nitrogens with one attached hydrogen (secondary N) is 1. The average Bonchev–Trinajstić information content (AvgIpc) is 2.45. The van der Waals surface area contributed by atoms with Gasteiger partial charge in [0, 0.05) is 16.2 Å². The van der Waals surface area contributed by atoms with Crippen LogP contribution in [0, 0.1) is 9.49 Å². The summed E-state index contributed by atoms with van der Waals surface area (Å²) in [5.74, 6) is 0.881. The van der Waals surface area contributed by atoms with Crippen LogP contribution in [0.5, 0.6) is 0 Å². The molecule has 1 fully saturated rings. The van der Waals surface area contributed by atoms with Gasteiger partial charge >= 0.3 is 0 Å². The van der Waals surface area contributed by atoms with Crippen LogP contribution in [-0.2, 0) is 0 Å². The van der Waals surface area contributed by atoms with Gasteiger partial charge in [-0.2, -0.15) is 0 Å². The van der Waals surface area contributed by atoms with E-state index in [2.05, 4.69) is 46.7 Å². The molecule has 1 heterocycles. The minimum Gasteiger partial charge on any atom is -0.350 e. The Balaban J connectivity index is 1.83. The van der Waals surface area contributed by atoms with Gasteiger partial charge in [0.15, 0.2) is 0 Å². The molecule has 20 heavy (non-hydrogen) atoms. The first-order valence-corrected chi connectivity index (χ1v) is 8.42. The maximum Gasteiger partial charge on any atom is 0.252 e. The molecule has 1 aliphatic rings. The lowest BCUT2D eigenvalue weighted by molar-refractivity contribution is 0.0921. The fourth-order valence-electron chi connectivity index (χ4n) is 2.58. The molecule has 0 bridgehead atoms. The summed E-state index contributed by atoms with van der Waals surface area (Å²) in [4.78, 5) is 14.7. The maximum absolute atomic E-state index is 12.2. The van der Waals surface area contributed by atoms with Crippen LogP contribution in [-0.4, -0.2) is 36.5 Å². The zero-order valence-corrected chi connectivity index (χ0v) is 14.4.